The van der Waals surface area contributed by atoms with Crippen molar-refractivity contribution in [3.05, 3.63) is 84.0 Å². The van der Waals surface area contributed by atoms with Crippen LogP contribution in [0.3, 0.4) is 0 Å². The Morgan fingerprint density at radius 3 is 2.13 bits per heavy atom. The van der Waals surface area contributed by atoms with E-state index in [0.29, 0.717) is 17.3 Å². The summed E-state index contributed by atoms with van der Waals surface area (Å²) in [5.41, 5.74) is 2.76. The van der Waals surface area contributed by atoms with E-state index in [4.69, 9.17) is 4.43 Å². The lowest BCUT2D eigenvalue weighted by molar-refractivity contribution is 0.0122. The highest BCUT2D eigenvalue weighted by molar-refractivity contribution is 6.99. The zero-order chi connectivity index (χ0) is 34.0. The topological polar surface area (TPSA) is 49.7 Å². The lowest BCUT2D eigenvalue weighted by Crippen LogP contribution is -2.68. The molecule has 3 aliphatic carbocycles. The minimum Gasteiger partial charge on any atom is -0.404 e. The first kappa shape index (κ1) is 36.3. The minimum absolute atomic E-state index is 0.0491. The second kappa shape index (κ2) is 14.5. The van der Waals surface area contributed by atoms with Gasteiger partial charge in [0.2, 0.25) is 0 Å². The van der Waals surface area contributed by atoms with Crippen LogP contribution in [0.1, 0.15) is 120 Å². The van der Waals surface area contributed by atoms with E-state index >= 15 is 0 Å². The summed E-state index contributed by atoms with van der Waals surface area (Å²) >= 11 is 0. The molecule has 5 rings (SSSR count). The summed E-state index contributed by atoms with van der Waals surface area (Å²) in [5.74, 6) is 2.17. The number of aliphatic hydroxyl groups is 2. The summed E-state index contributed by atoms with van der Waals surface area (Å²) in [4.78, 5) is 0. The monoisotopic (exact) mass is 656 g/mol. The average molecular weight is 657 g/mol. The lowest BCUT2D eigenvalue weighted by atomic mass is 9.60. The molecule has 0 aliphatic heterocycles. The predicted molar refractivity (Wildman–Crippen MR) is 201 cm³/mol. The van der Waals surface area contributed by atoms with Gasteiger partial charge in [0.05, 0.1) is 17.8 Å². The zero-order valence-electron chi connectivity index (χ0n) is 30.8. The first-order valence-electron chi connectivity index (χ1n) is 18.7. The van der Waals surface area contributed by atoms with E-state index in [1.807, 2.05) is 13.8 Å². The Kier molecular flexibility index (Phi) is 11.2. The molecular weight excluding hydrogens is 593 g/mol. The highest BCUT2D eigenvalue weighted by Gasteiger charge is 2.53. The number of benzene rings is 2. The summed E-state index contributed by atoms with van der Waals surface area (Å²) in [6, 6.07) is 21.8. The molecule has 3 aliphatic rings. The van der Waals surface area contributed by atoms with Crippen LogP contribution in [0.2, 0.25) is 5.04 Å². The normalized spacial score (nSPS) is 31.2. The number of allylic oxidation sites excluding steroid dienone is 3. The number of fused-ring (bicyclic) bond motifs is 1. The van der Waals surface area contributed by atoms with Crippen molar-refractivity contribution < 1.29 is 14.6 Å². The van der Waals surface area contributed by atoms with Crippen LogP contribution >= 0.6 is 0 Å². The number of rotatable bonds is 10. The molecule has 7 atom stereocenters. The van der Waals surface area contributed by atoms with Gasteiger partial charge in [-0.25, -0.2) is 0 Å². The standard InChI is InChI=1S/C43H64O3Si/c1-31(17-15-27-42(6,7)45)37-25-26-38-34(18-16-28-43(37,38)8)24-23-33-29-39(44)32(2)40(30-33)46-47(41(3,4)5,35-19-11-9-12-20-35)36-21-13-10-14-22-36/h9-14,19-24,31-32,37-40,44-45H,15-18,25-30H2,1-8H3/b33-23+,34-24+/t31-,32-,37-,38+,39-,40-,43-/m1/s1. The van der Waals surface area contributed by atoms with E-state index in [1.54, 1.807) is 5.57 Å². The van der Waals surface area contributed by atoms with Gasteiger partial charge in [0, 0.05) is 5.92 Å². The number of aliphatic hydroxyl groups excluding tert-OH is 1. The second-order valence-electron chi connectivity index (χ2n) is 17.5. The molecule has 0 aromatic heterocycles. The molecule has 47 heavy (non-hydrogen) atoms. The highest BCUT2D eigenvalue weighted by Crippen LogP contribution is 2.60. The van der Waals surface area contributed by atoms with E-state index in [0.717, 1.165) is 31.6 Å². The Hall–Kier alpha value is -1.98. The Labute approximate surface area is 288 Å². The van der Waals surface area contributed by atoms with E-state index in [9.17, 15) is 10.2 Å². The molecule has 2 aromatic carbocycles. The van der Waals surface area contributed by atoms with Crippen LogP contribution in [0.25, 0.3) is 0 Å². The van der Waals surface area contributed by atoms with Crippen molar-refractivity contribution in [3.8, 4) is 0 Å². The van der Waals surface area contributed by atoms with Crippen molar-refractivity contribution in [2.75, 3.05) is 0 Å². The zero-order valence-corrected chi connectivity index (χ0v) is 31.8. The van der Waals surface area contributed by atoms with Gasteiger partial charge in [-0.15, -0.1) is 0 Å². The molecule has 0 amide bonds. The molecule has 3 nitrogen and oxygen atoms in total. The van der Waals surface area contributed by atoms with E-state index < -0.39 is 20.0 Å². The van der Waals surface area contributed by atoms with Crippen LogP contribution in [0.5, 0.6) is 0 Å². The second-order valence-corrected chi connectivity index (χ2v) is 21.8. The van der Waals surface area contributed by atoms with Gasteiger partial charge in [0.1, 0.15) is 0 Å². The van der Waals surface area contributed by atoms with Crippen molar-refractivity contribution in [2.24, 2.45) is 29.1 Å². The predicted octanol–water partition coefficient (Wildman–Crippen LogP) is 9.37. The maximum Gasteiger partial charge on any atom is 0.261 e. The van der Waals surface area contributed by atoms with Gasteiger partial charge < -0.3 is 14.6 Å². The van der Waals surface area contributed by atoms with Gasteiger partial charge in [-0.05, 0) is 104 Å². The van der Waals surface area contributed by atoms with Gasteiger partial charge in [0.25, 0.3) is 8.32 Å². The highest BCUT2D eigenvalue weighted by atomic mass is 28.4. The molecule has 3 saturated carbocycles. The first-order chi connectivity index (χ1) is 22.2. The molecule has 0 bridgehead atoms. The molecule has 0 radical (unpaired) electrons. The lowest BCUT2D eigenvalue weighted by Gasteiger charge is -2.48. The van der Waals surface area contributed by atoms with Crippen LogP contribution in [-0.2, 0) is 4.43 Å². The van der Waals surface area contributed by atoms with Crippen molar-refractivity contribution in [1.29, 1.82) is 0 Å². The molecule has 0 saturated heterocycles. The summed E-state index contributed by atoms with van der Waals surface area (Å²) < 4.78 is 7.60. The Morgan fingerprint density at radius 2 is 1.55 bits per heavy atom. The van der Waals surface area contributed by atoms with Crippen molar-refractivity contribution in [2.45, 2.75) is 142 Å². The van der Waals surface area contributed by atoms with Gasteiger partial charge in [0.15, 0.2) is 0 Å². The molecule has 0 spiro atoms. The van der Waals surface area contributed by atoms with Crippen molar-refractivity contribution >= 4 is 18.7 Å². The first-order valence-corrected chi connectivity index (χ1v) is 20.6. The smallest absolute Gasteiger partial charge is 0.261 e. The summed E-state index contributed by atoms with van der Waals surface area (Å²) in [6.45, 7) is 18.1. The van der Waals surface area contributed by atoms with Crippen LogP contribution < -0.4 is 10.4 Å². The maximum absolute atomic E-state index is 11.5. The van der Waals surface area contributed by atoms with Crippen LogP contribution in [-0.4, -0.2) is 36.3 Å². The van der Waals surface area contributed by atoms with Crippen LogP contribution in [0.4, 0.5) is 0 Å². The van der Waals surface area contributed by atoms with Crippen LogP contribution in [0.15, 0.2) is 84.0 Å². The Balaban J connectivity index is 1.39. The van der Waals surface area contributed by atoms with E-state index in [2.05, 4.69) is 114 Å². The average Bonchev–Trinajstić information content (AvgIpc) is 3.38. The fourth-order valence-corrected chi connectivity index (χ4v) is 14.7. The van der Waals surface area contributed by atoms with E-state index in [1.165, 1.54) is 54.5 Å². The summed E-state index contributed by atoms with van der Waals surface area (Å²) in [5, 5.41) is 24.2. The van der Waals surface area contributed by atoms with Crippen molar-refractivity contribution in [3.63, 3.8) is 0 Å². The molecule has 0 unspecified atom stereocenters. The molecule has 3 fully saturated rings. The third kappa shape index (κ3) is 7.77. The Morgan fingerprint density at radius 1 is 0.936 bits per heavy atom. The quantitative estimate of drug-likeness (QED) is 0.251. The van der Waals surface area contributed by atoms with Gasteiger partial charge >= 0.3 is 0 Å². The molecule has 0 heterocycles. The fraction of sp³-hybridized carbons (Fsp3) is 0.628. The van der Waals surface area contributed by atoms with Gasteiger partial charge in [-0.1, -0.05) is 138 Å². The summed E-state index contributed by atoms with van der Waals surface area (Å²) in [6.07, 6.45) is 15.6. The van der Waals surface area contributed by atoms with Crippen LogP contribution in [0, 0.1) is 29.1 Å². The summed E-state index contributed by atoms with van der Waals surface area (Å²) in [7, 11) is -2.73. The molecule has 2 aromatic rings. The van der Waals surface area contributed by atoms with Crippen molar-refractivity contribution in [1.82, 2.24) is 0 Å². The molecule has 4 heteroatoms. The maximum atomic E-state index is 11.5. The number of hydrogen-bond donors (Lipinski definition) is 2. The van der Waals surface area contributed by atoms with Gasteiger partial charge in [-0.3, -0.25) is 0 Å². The minimum atomic E-state index is -2.73. The fourth-order valence-electron chi connectivity index (χ4n) is 9.93. The number of hydrogen-bond acceptors (Lipinski definition) is 3. The Bertz CT molecular complexity index is 1330. The SMILES string of the molecule is C[C@@H]1[C@H](O)C/C(=C\C=C2/CCC[C@]3(C)[C@@H]([C@H](C)CCCC(C)(C)O)CC[C@@H]23)C[C@H]1O[Si](c1ccccc1)(c1ccccc1)C(C)(C)C. The third-order valence-electron chi connectivity index (χ3n) is 12.6. The third-order valence-corrected chi connectivity index (χ3v) is 17.6. The molecule has 258 valence electrons. The van der Waals surface area contributed by atoms with Gasteiger partial charge in [-0.2, -0.15) is 0 Å². The van der Waals surface area contributed by atoms with E-state index in [-0.39, 0.29) is 17.1 Å². The largest absolute Gasteiger partial charge is 0.404 e. The molecule has 2 N–H and O–H groups in total. The molecular formula is C43H64O3Si.